The highest BCUT2D eigenvalue weighted by Crippen LogP contribution is 2.26. The molecule has 4 rings (SSSR count). The van der Waals surface area contributed by atoms with Crippen LogP contribution in [0.4, 0.5) is 0 Å². The second kappa shape index (κ2) is 5.87. The number of nitrogens with one attached hydrogen (secondary N) is 1. The van der Waals surface area contributed by atoms with Gasteiger partial charge in [-0.3, -0.25) is 4.90 Å². The summed E-state index contributed by atoms with van der Waals surface area (Å²) in [5, 5.41) is 2.32. The molecule has 0 aliphatic carbocycles. The summed E-state index contributed by atoms with van der Waals surface area (Å²) in [4.78, 5) is 1.44. The molecule has 2 heterocycles. The number of methoxy groups -OCH3 is 3. The molecule has 0 bridgehead atoms. The van der Waals surface area contributed by atoms with Gasteiger partial charge >= 0.3 is 0 Å². The summed E-state index contributed by atoms with van der Waals surface area (Å²) in [5.74, 6) is 2.53. The first-order valence-corrected chi connectivity index (χ1v) is 8.22. The van der Waals surface area contributed by atoms with Crippen LogP contribution in [0.2, 0.25) is 0 Å². The molecular formula is C20H22NO3+. The van der Waals surface area contributed by atoms with Crippen molar-refractivity contribution in [1.82, 2.24) is 0 Å². The molecule has 1 N–H and O–H groups in total. The normalized spacial score (nSPS) is 20.6. The zero-order valence-electron chi connectivity index (χ0n) is 14.3. The van der Waals surface area contributed by atoms with Crippen LogP contribution in [0.25, 0.3) is 12.3 Å². The lowest BCUT2D eigenvalue weighted by Gasteiger charge is -2.32. The Morgan fingerprint density at radius 1 is 1.00 bits per heavy atom. The molecule has 0 amide bonds. The Morgan fingerprint density at radius 2 is 1.88 bits per heavy atom. The van der Waals surface area contributed by atoms with Crippen molar-refractivity contribution in [3.63, 3.8) is 0 Å². The first-order chi connectivity index (χ1) is 11.7. The molecule has 4 nitrogen and oxygen atoms in total. The number of quaternary nitrogens is 1. The molecule has 0 saturated heterocycles. The minimum Gasteiger partial charge on any atom is -0.497 e. The third-order valence-electron chi connectivity index (χ3n) is 5.06. The van der Waals surface area contributed by atoms with Gasteiger partial charge < -0.3 is 14.2 Å². The molecule has 0 spiro atoms. The molecular weight excluding hydrogens is 302 g/mol. The van der Waals surface area contributed by atoms with Crippen molar-refractivity contribution in [2.45, 2.75) is 12.5 Å². The van der Waals surface area contributed by atoms with Crippen molar-refractivity contribution in [3.05, 3.63) is 51.9 Å². The van der Waals surface area contributed by atoms with Crippen LogP contribution in [0.3, 0.4) is 0 Å². The molecule has 2 unspecified atom stereocenters. The van der Waals surface area contributed by atoms with E-state index < -0.39 is 0 Å². The smallest absolute Gasteiger partial charge is 0.173 e. The summed E-state index contributed by atoms with van der Waals surface area (Å²) in [6, 6.07) is 10.9. The second-order valence-electron chi connectivity index (χ2n) is 6.23. The lowest BCUT2D eigenvalue weighted by atomic mass is 9.90. The van der Waals surface area contributed by atoms with E-state index >= 15 is 0 Å². The van der Waals surface area contributed by atoms with Crippen molar-refractivity contribution >= 4 is 12.3 Å². The van der Waals surface area contributed by atoms with Gasteiger partial charge in [0, 0.05) is 12.0 Å². The maximum atomic E-state index is 5.61. The summed E-state index contributed by atoms with van der Waals surface area (Å²) >= 11 is 0. The van der Waals surface area contributed by atoms with Crippen molar-refractivity contribution in [2.75, 3.05) is 27.9 Å². The molecule has 0 saturated carbocycles. The average molecular weight is 324 g/mol. The van der Waals surface area contributed by atoms with Crippen LogP contribution in [0.1, 0.15) is 17.2 Å². The van der Waals surface area contributed by atoms with E-state index in [9.17, 15) is 0 Å². The minimum atomic E-state index is 0.338. The molecule has 2 atom stereocenters. The molecule has 24 heavy (non-hydrogen) atoms. The van der Waals surface area contributed by atoms with Crippen LogP contribution in [-0.2, 0) is 6.42 Å². The van der Waals surface area contributed by atoms with E-state index in [0.29, 0.717) is 6.04 Å². The van der Waals surface area contributed by atoms with Gasteiger partial charge in [0.2, 0.25) is 0 Å². The summed E-state index contributed by atoms with van der Waals surface area (Å²) in [6.07, 6.45) is 5.68. The van der Waals surface area contributed by atoms with Crippen LogP contribution >= 0.6 is 0 Å². The highest BCUT2D eigenvalue weighted by Gasteiger charge is 2.31. The van der Waals surface area contributed by atoms with Crippen molar-refractivity contribution in [3.8, 4) is 17.2 Å². The van der Waals surface area contributed by atoms with Crippen LogP contribution in [-0.4, -0.2) is 27.9 Å². The number of hydrogen-bond acceptors (Lipinski definition) is 3. The van der Waals surface area contributed by atoms with Crippen LogP contribution in [0.5, 0.6) is 17.2 Å². The lowest BCUT2D eigenvalue weighted by Crippen LogP contribution is -3.09. The fraction of sp³-hybridized carbons (Fsp3) is 0.300. The van der Waals surface area contributed by atoms with Crippen LogP contribution < -0.4 is 29.5 Å². The first-order valence-electron chi connectivity index (χ1n) is 8.22. The molecule has 0 fully saturated rings. The van der Waals surface area contributed by atoms with E-state index in [-0.39, 0.29) is 0 Å². The predicted octanol–water partition coefficient (Wildman–Crippen LogP) is 0.427. The highest BCUT2D eigenvalue weighted by molar-refractivity contribution is 5.52. The quantitative estimate of drug-likeness (QED) is 0.888. The van der Waals surface area contributed by atoms with Crippen molar-refractivity contribution in [1.29, 1.82) is 0 Å². The SMILES string of the molecule is COc1ccc2c(c1)CC[NH+]1C=c3c(OC)c(OC)ccc3=CC21. The van der Waals surface area contributed by atoms with E-state index in [2.05, 4.69) is 36.5 Å². The van der Waals surface area contributed by atoms with E-state index in [4.69, 9.17) is 14.2 Å². The van der Waals surface area contributed by atoms with Crippen molar-refractivity contribution in [2.24, 2.45) is 0 Å². The van der Waals surface area contributed by atoms with Gasteiger partial charge in [0.1, 0.15) is 18.0 Å². The van der Waals surface area contributed by atoms with Gasteiger partial charge in [0.05, 0.1) is 33.1 Å². The van der Waals surface area contributed by atoms with Gasteiger partial charge in [-0.2, -0.15) is 0 Å². The third kappa shape index (κ3) is 2.26. The highest BCUT2D eigenvalue weighted by atomic mass is 16.5. The molecule has 124 valence electrons. The Balaban J connectivity index is 1.87. The summed E-state index contributed by atoms with van der Waals surface area (Å²) in [6.45, 7) is 1.06. The molecule has 0 radical (unpaired) electrons. The van der Waals surface area contributed by atoms with Gasteiger partial charge in [-0.1, -0.05) is 6.07 Å². The number of hydrogen-bond donors (Lipinski definition) is 1. The standard InChI is InChI=1S/C20H21NO3/c1-22-15-5-6-16-14(10-15)8-9-21-12-17-13(11-18(16)21)4-7-19(23-2)20(17)24-3/h4-7,10-12,18H,8-9H2,1-3H3/p+1. The van der Waals surface area contributed by atoms with Gasteiger partial charge in [-0.25, -0.2) is 0 Å². The van der Waals surface area contributed by atoms with Crippen molar-refractivity contribution < 1.29 is 19.1 Å². The van der Waals surface area contributed by atoms with E-state index in [1.54, 1.807) is 21.3 Å². The fourth-order valence-corrected chi connectivity index (χ4v) is 3.85. The predicted molar refractivity (Wildman–Crippen MR) is 93.0 cm³/mol. The lowest BCUT2D eigenvalue weighted by molar-refractivity contribution is -0.844. The zero-order chi connectivity index (χ0) is 16.7. The third-order valence-corrected chi connectivity index (χ3v) is 5.06. The molecule has 0 aromatic heterocycles. The fourth-order valence-electron chi connectivity index (χ4n) is 3.85. The number of fused-ring (bicyclic) bond motifs is 4. The Morgan fingerprint density at radius 3 is 2.62 bits per heavy atom. The molecule has 2 aliphatic rings. The summed E-state index contributed by atoms with van der Waals surface area (Å²) in [5.41, 5.74) is 2.77. The molecule has 2 aromatic carbocycles. The second-order valence-corrected chi connectivity index (χ2v) is 6.23. The maximum absolute atomic E-state index is 5.61. The van der Waals surface area contributed by atoms with E-state index in [1.165, 1.54) is 21.2 Å². The number of benzene rings is 2. The molecule has 2 aromatic rings. The number of ether oxygens (including phenoxy) is 3. The summed E-state index contributed by atoms with van der Waals surface area (Å²) in [7, 11) is 5.10. The van der Waals surface area contributed by atoms with Gasteiger partial charge in [0.15, 0.2) is 11.5 Å². The maximum Gasteiger partial charge on any atom is 0.173 e. The van der Waals surface area contributed by atoms with Crippen LogP contribution in [0, 0.1) is 0 Å². The van der Waals surface area contributed by atoms with Gasteiger partial charge in [0.25, 0.3) is 0 Å². The topological polar surface area (TPSA) is 32.1 Å². The van der Waals surface area contributed by atoms with E-state index in [0.717, 1.165) is 35.4 Å². The van der Waals surface area contributed by atoms with Gasteiger partial charge in [-0.05, 0) is 41.1 Å². The number of rotatable bonds is 3. The summed E-state index contributed by atoms with van der Waals surface area (Å²) < 4.78 is 16.4. The largest absolute Gasteiger partial charge is 0.497 e. The molecule has 2 aliphatic heterocycles. The zero-order valence-corrected chi connectivity index (χ0v) is 14.3. The van der Waals surface area contributed by atoms with E-state index in [1.807, 2.05) is 6.07 Å². The van der Waals surface area contributed by atoms with Gasteiger partial charge in [-0.15, -0.1) is 0 Å². The Hall–Kier alpha value is -2.46. The Labute approximate surface area is 141 Å². The first kappa shape index (κ1) is 15.1. The minimum absolute atomic E-state index is 0.338. The van der Waals surface area contributed by atoms with Crippen LogP contribution in [0.15, 0.2) is 30.3 Å². The average Bonchev–Trinajstić information content (AvgIpc) is 2.64. The Bertz CT molecular complexity index is 904. The Kier molecular flexibility index (Phi) is 3.69. The molecule has 4 heteroatoms. The monoisotopic (exact) mass is 324 g/mol.